The fourth-order valence-corrected chi connectivity index (χ4v) is 2.77. The highest BCUT2D eigenvalue weighted by atomic mass is 19.1. The van der Waals surface area contributed by atoms with Gasteiger partial charge in [0.1, 0.15) is 11.6 Å². The molecule has 132 valence electrons. The summed E-state index contributed by atoms with van der Waals surface area (Å²) in [5.41, 5.74) is 0.352. The molecule has 3 rings (SSSR count). The van der Waals surface area contributed by atoms with Gasteiger partial charge in [-0.25, -0.2) is 4.39 Å². The quantitative estimate of drug-likeness (QED) is 0.892. The highest BCUT2D eigenvalue weighted by Crippen LogP contribution is 2.10. The molecule has 1 aliphatic heterocycles. The maximum Gasteiger partial charge on any atom is 0.254 e. The van der Waals surface area contributed by atoms with Gasteiger partial charge >= 0.3 is 0 Å². The van der Waals surface area contributed by atoms with Crippen LogP contribution in [0.4, 0.5) is 4.39 Å². The van der Waals surface area contributed by atoms with E-state index in [4.69, 9.17) is 4.42 Å². The zero-order valence-corrected chi connectivity index (χ0v) is 13.8. The van der Waals surface area contributed by atoms with Crippen LogP contribution in [0.2, 0.25) is 0 Å². The molecule has 2 amide bonds. The van der Waals surface area contributed by atoms with Crippen molar-refractivity contribution in [3.63, 3.8) is 0 Å². The van der Waals surface area contributed by atoms with Crippen molar-refractivity contribution in [3.8, 4) is 0 Å². The summed E-state index contributed by atoms with van der Waals surface area (Å²) in [6, 6.07) is 9.28. The Kier molecular flexibility index (Phi) is 5.45. The highest BCUT2D eigenvalue weighted by molar-refractivity contribution is 5.94. The second-order valence-electron chi connectivity index (χ2n) is 5.93. The van der Waals surface area contributed by atoms with E-state index in [1.807, 2.05) is 4.90 Å². The first kappa shape index (κ1) is 17.2. The Bertz CT molecular complexity index is 725. The minimum atomic E-state index is -0.419. The second kappa shape index (κ2) is 7.94. The van der Waals surface area contributed by atoms with Gasteiger partial charge in [-0.2, -0.15) is 0 Å². The Morgan fingerprint density at radius 3 is 2.60 bits per heavy atom. The SMILES string of the molecule is O=C(CN1CCN(C(=O)c2cccc(F)c2)CC1)NCc1ccco1. The second-order valence-corrected chi connectivity index (χ2v) is 5.93. The van der Waals surface area contributed by atoms with E-state index in [0.29, 0.717) is 44.0 Å². The number of hydrogen-bond donors (Lipinski definition) is 1. The molecule has 2 heterocycles. The van der Waals surface area contributed by atoms with Gasteiger partial charge in [0.15, 0.2) is 0 Å². The fraction of sp³-hybridized carbons (Fsp3) is 0.333. The Hall–Kier alpha value is -2.67. The van der Waals surface area contributed by atoms with Gasteiger partial charge in [0.2, 0.25) is 5.91 Å². The minimum Gasteiger partial charge on any atom is -0.467 e. The number of carbonyl (C=O) groups excluding carboxylic acids is 2. The molecular weight excluding hydrogens is 325 g/mol. The van der Waals surface area contributed by atoms with Gasteiger partial charge in [0.05, 0.1) is 19.4 Å². The van der Waals surface area contributed by atoms with Crippen LogP contribution < -0.4 is 5.32 Å². The average molecular weight is 345 g/mol. The summed E-state index contributed by atoms with van der Waals surface area (Å²) in [6.07, 6.45) is 1.57. The van der Waals surface area contributed by atoms with Crippen LogP contribution in [0.5, 0.6) is 0 Å². The lowest BCUT2D eigenvalue weighted by atomic mass is 10.1. The van der Waals surface area contributed by atoms with Gasteiger partial charge < -0.3 is 14.6 Å². The van der Waals surface area contributed by atoms with Crippen LogP contribution in [-0.4, -0.2) is 54.3 Å². The van der Waals surface area contributed by atoms with E-state index in [0.717, 1.165) is 0 Å². The van der Waals surface area contributed by atoms with Gasteiger partial charge in [-0.15, -0.1) is 0 Å². The van der Waals surface area contributed by atoms with E-state index in [-0.39, 0.29) is 18.4 Å². The third-order valence-corrected chi connectivity index (χ3v) is 4.14. The Morgan fingerprint density at radius 2 is 1.92 bits per heavy atom. The summed E-state index contributed by atoms with van der Waals surface area (Å²) in [5, 5.41) is 2.80. The number of hydrogen-bond acceptors (Lipinski definition) is 4. The number of piperazine rings is 1. The molecule has 1 fully saturated rings. The number of furan rings is 1. The summed E-state index contributed by atoms with van der Waals surface area (Å²) in [5.74, 6) is 0.0271. The predicted molar refractivity (Wildman–Crippen MR) is 89.3 cm³/mol. The molecule has 0 spiro atoms. The van der Waals surface area contributed by atoms with Crippen LogP contribution in [0.15, 0.2) is 47.1 Å². The standard InChI is InChI=1S/C18H20FN3O3/c19-15-4-1-3-14(11-15)18(24)22-8-6-21(7-9-22)13-17(23)20-12-16-5-2-10-25-16/h1-5,10-11H,6-9,12-13H2,(H,20,23). The van der Waals surface area contributed by atoms with E-state index in [9.17, 15) is 14.0 Å². The Morgan fingerprint density at radius 1 is 1.12 bits per heavy atom. The Labute approximate surface area is 145 Å². The van der Waals surface area contributed by atoms with Crippen LogP contribution in [0.3, 0.4) is 0 Å². The zero-order valence-electron chi connectivity index (χ0n) is 13.8. The van der Waals surface area contributed by atoms with Crippen LogP contribution in [0, 0.1) is 5.82 Å². The molecule has 1 aromatic carbocycles. The molecule has 0 atom stereocenters. The smallest absolute Gasteiger partial charge is 0.254 e. The van der Waals surface area contributed by atoms with Gasteiger partial charge in [-0.05, 0) is 30.3 Å². The van der Waals surface area contributed by atoms with Crippen molar-refractivity contribution < 1.29 is 18.4 Å². The van der Waals surface area contributed by atoms with Crippen molar-refractivity contribution >= 4 is 11.8 Å². The number of benzene rings is 1. The molecule has 1 aliphatic rings. The number of nitrogens with one attached hydrogen (secondary N) is 1. The lowest BCUT2D eigenvalue weighted by Crippen LogP contribution is -2.51. The maximum atomic E-state index is 13.2. The van der Waals surface area contributed by atoms with Crippen LogP contribution in [0.25, 0.3) is 0 Å². The number of nitrogens with zero attached hydrogens (tertiary/aromatic N) is 2. The summed E-state index contributed by atoms with van der Waals surface area (Å²) in [7, 11) is 0. The number of carbonyl (C=O) groups is 2. The molecule has 0 radical (unpaired) electrons. The fourth-order valence-electron chi connectivity index (χ4n) is 2.77. The van der Waals surface area contributed by atoms with Gasteiger partial charge in [0.25, 0.3) is 5.91 Å². The average Bonchev–Trinajstić information content (AvgIpc) is 3.14. The summed E-state index contributed by atoms with van der Waals surface area (Å²) < 4.78 is 18.4. The number of amides is 2. The Balaban J connectivity index is 1.43. The monoisotopic (exact) mass is 345 g/mol. The maximum absolute atomic E-state index is 13.2. The molecule has 1 saturated heterocycles. The van der Waals surface area contributed by atoms with Crippen molar-refractivity contribution in [1.29, 1.82) is 0 Å². The molecule has 6 nitrogen and oxygen atoms in total. The first-order valence-electron chi connectivity index (χ1n) is 8.18. The summed E-state index contributed by atoms with van der Waals surface area (Å²) in [4.78, 5) is 28.0. The third-order valence-electron chi connectivity index (χ3n) is 4.14. The van der Waals surface area contributed by atoms with Crippen molar-refractivity contribution in [3.05, 3.63) is 59.8 Å². The predicted octanol–water partition coefficient (Wildman–Crippen LogP) is 1.49. The largest absolute Gasteiger partial charge is 0.467 e. The summed E-state index contributed by atoms with van der Waals surface area (Å²) >= 11 is 0. The molecule has 0 bridgehead atoms. The van der Waals surface area contributed by atoms with Crippen LogP contribution in [0.1, 0.15) is 16.1 Å². The molecule has 2 aromatic rings. The summed E-state index contributed by atoms with van der Waals surface area (Å²) in [6.45, 7) is 2.89. The topological polar surface area (TPSA) is 65.8 Å². The molecule has 1 N–H and O–H groups in total. The lowest BCUT2D eigenvalue weighted by Gasteiger charge is -2.34. The molecule has 7 heteroatoms. The van der Waals surface area contributed by atoms with E-state index >= 15 is 0 Å². The molecule has 0 unspecified atom stereocenters. The molecular formula is C18H20FN3O3. The highest BCUT2D eigenvalue weighted by Gasteiger charge is 2.23. The number of halogens is 1. The van der Waals surface area contributed by atoms with E-state index in [1.54, 1.807) is 29.4 Å². The van der Waals surface area contributed by atoms with Crippen molar-refractivity contribution in [2.24, 2.45) is 0 Å². The third kappa shape index (κ3) is 4.67. The zero-order chi connectivity index (χ0) is 17.6. The van der Waals surface area contributed by atoms with Crippen molar-refractivity contribution in [2.75, 3.05) is 32.7 Å². The first-order chi connectivity index (χ1) is 12.1. The molecule has 25 heavy (non-hydrogen) atoms. The van der Waals surface area contributed by atoms with Gasteiger partial charge in [0, 0.05) is 31.7 Å². The van der Waals surface area contributed by atoms with E-state index in [1.165, 1.54) is 18.2 Å². The first-order valence-corrected chi connectivity index (χ1v) is 8.18. The molecule has 0 aliphatic carbocycles. The van der Waals surface area contributed by atoms with E-state index in [2.05, 4.69) is 5.32 Å². The van der Waals surface area contributed by atoms with Crippen LogP contribution in [-0.2, 0) is 11.3 Å². The number of rotatable bonds is 5. The van der Waals surface area contributed by atoms with Crippen molar-refractivity contribution in [1.82, 2.24) is 15.1 Å². The normalized spacial score (nSPS) is 15.2. The molecule has 0 saturated carbocycles. The van der Waals surface area contributed by atoms with E-state index < -0.39 is 5.82 Å². The lowest BCUT2D eigenvalue weighted by molar-refractivity contribution is -0.122. The minimum absolute atomic E-state index is 0.0821. The van der Waals surface area contributed by atoms with Crippen LogP contribution >= 0.6 is 0 Å². The van der Waals surface area contributed by atoms with Gasteiger partial charge in [-0.1, -0.05) is 6.07 Å². The van der Waals surface area contributed by atoms with Crippen molar-refractivity contribution in [2.45, 2.75) is 6.54 Å². The molecule has 1 aromatic heterocycles. The van der Waals surface area contributed by atoms with Gasteiger partial charge in [-0.3, -0.25) is 14.5 Å².